The highest BCUT2D eigenvalue weighted by atomic mass is 32.2. The van der Waals surface area contributed by atoms with Gasteiger partial charge in [0.1, 0.15) is 17.3 Å². The predicted molar refractivity (Wildman–Crippen MR) is 126 cm³/mol. The van der Waals surface area contributed by atoms with Crippen LogP contribution in [0.25, 0.3) is 11.8 Å². The molecule has 0 saturated heterocycles. The second-order valence-electron chi connectivity index (χ2n) is 7.75. The van der Waals surface area contributed by atoms with E-state index < -0.39 is 28.6 Å². The Morgan fingerprint density at radius 2 is 1.97 bits per heavy atom. The van der Waals surface area contributed by atoms with E-state index >= 15 is 4.39 Å². The summed E-state index contributed by atoms with van der Waals surface area (Å²) in [6, 6.07) is 9.21. The number of anilines is 1. The molecule has 172 valence electrons. The molecule has 1 fully saturated rings. The third-order valence-electron chi connectivity index (χ3n) is 5.66. The Labute approximate surface area is 196 Å². The molecule has 2 N–H and O–H groups in total. The second-order valence-corrected chi connectivity index (χ2v) is 8.60. The molecular weight excluding hydrogens is 464 g/mol. The highest BCUT2D eigenvalue weighted by Gasteiger charge is 2.32. The molecule has 1 saturated carbocycles. The fourth-order valence-corrected chi connectivity index (χ4v) is 4.55. The van der Waals surface area contributed by atoms with Gasteiger partial charge in [-0.1, -0.05) is 23.4 Å². The molecule has 34 heavy (non-hydrogen) atoms. The van der Waals surface area contributed by atoms with E-state index in [0.29, 0.717) is 5.69 Å². The van der Waals surface area contributed by atoms with E-state index in [9.17, 15) is 14.1 Å². The maximum absolute atomic E-state index is 15.3. The molecule has 2 heterocycles. The molecule has 0 bridgehead atoms. The van der Waals surface area contributed by atoms with E-state index in [1.807, 2.05) is 24.5 Å². The molecule has 0 spiro atoms. The lowest BCUT2D eigenvalue weighted by atomic mass is 10.0. The van der Waals surface area contributed by atoms with Gasteiger partial charge in [-0.25, -0.2) is 18.1 Å². The molecule has 2 aliphatic rings. The number of benzene rings is 2. The topological polar surface area (TPSA) is 112 Å². The van der Waals surface area contributed by atoms with E-state index in [4.69, 9.17) is 10.6 Å². The average Bonchev–Trinajstić information content (AvgIpc) is 3.67. The van der Waals surface area contributed by atoms with Gasteiger partial charge in [0.25, 0.3) is 0 Å². The second kappa shape index (κ2) is 8.49. The van der Waals surface area contributed by atoms with Gasteiger partial charge in [0.05, 0.1) is 16.8 Å². The number of nitrogens with two attached hydrogens (primary N) is 1. The first-order valence-corrected chi connectivity index (χ1v) is 11.5. The number of nitrogens with zero attached hydrogens (tertiary/aromatic N) is 4. The number of nitrogen functional groups attached to an aromatic ring is 1. The average molecular weight is 481 g/mol. The van der Waals surface area contributed by atoms with Gasteiger partial charge in [-0.3, -0.25) is 0 Å². The minimum Gasteiger partial charge on any atom is -0.383 e. The fourth-order valence-electron chi connectivity index (χ4n) is 3.94. The van der Waals surface area contributed by atoms with Crippen LogP contribution in [0, 0.1) is 10.7 Å². The van der Waals surface area contributed by atoms with Crippen LogP contribution in [-0.2, 0) is 0 Å². The van der Waals surface area contributed by atoms with Crippen molar-refractivity contribution in [1.29, 1.82) is 0 Å². The Balaban J connectivity index is 1.78. The number of nitroso groups, excluding NO2 is 1. The number of hydrogen-bond acceptors (Lipinski definition) is 8. The molecule has 0 radical (unpaired) electrons. The van der Waals surface area contributed by atoms with Gasteiger partial charge < -0.3 is 10.6 Å². The maximum atomic E-state index is 15.3. The van der Waals surface area contributed by atoms with Crippen molar-refractivity contribution < 1.29 is 13.6 Å². The molecule has 5 rings (SSSR count). The van der Waals surface area contributed by atoms with E-state index in [2.05, 4.69) is 15.3 Å². The van der Waals surface area contributed by atoms with E-state index in [-0.39, 0.29) is 28.9 Å². The van der Waals surface area contributed by atoms with Crippen LogP contribution in [0.15, 0.2) is 62.2 Å². The summed E-state index contributed by atoms with van der Waals surface area (Å²) in [5, 5.41) is 6.55. The zero-order valence-electron chi connectivity index (χ0n) is 17.8. The van der Waals surface area contributed by atoms with Crippen LogP contribution < -0.4 is 16.3 Å². The zero-order chi connectivity index (χ0) is 24.0. The number of allylic oxidation sites excluding steroid dienone is 1. The number of thioether (sulfide) groups is 1. The molecule has 1 aliphatic carbocycles. The molecule has 0 amide bonds. The number of hydrogen-bond donors (Lipinski definition) is 1. The summed E-state index contributed by atoms with van der Waals surface area (Å²) in [7, 11) is 0. The number of fused-ring (bicyclic) bond motifs is 1. The zero-order valence-corrected chi connectivity index (χ0v) is 18.6. The Kier molecular flexibility index (Phi) is 5.48. The molecule has 8 nitrogen and oxygen atoms in total. The Bertz CT molecular complexity index is 1460. The lowest BCUT2D eigenvalue weighted by Gasteiger charge is -2.18. The van der Waals surface area contributed by atoms with Gasteiger partial charge in [-0.05, 0) is 60.0 Å². The van der Waals surface area contributed by atoms with Gasteiger partial charge in [-0.15, -0.1) is 16.7 Å². The molecule has 3 aromatic rings. The quantitative estimate of drug-likeness (QED) is 0.403. The van der Waals surface area contributed by atoms with Crippen molar-refractivity contribution in [3.8, 4) is 11.6 Å². The van der Waals surface area contributed by atoms with Crippen molar-refractivity contribution in [2.45, 2.75) is 23.7 Å². The van der Waals surface area contributed by atoms with Gasteiger partial charge >= 0.3 is 5.69 Å². The maximum Gasteiger partial charge on any atom is 0.357 e. The fraction of sp³-hybridized carbons (Fsp3) is 0.174. The van der Waals surface area contributed by atoms with Crippen LogP contribution in [-0.4, -0.2) is 21.5 Å². The highest BCUT2D eigenvalue weighted by Crippen LogP contribution is 2.46. The third kappa shape index (κ3) is 3.58. The van der Waals surface area contributed by atoms with Crippen LogP contribution in [0.5, 0.6) is 5.88 Å². The van der Waals surface area contributed by atoms with Crippen molar-refractivity contribution in [1.82, 2.24) is 9.55 Å². The first-order chi connectivity index (χ1) is 16.4. The van der Waals surface area contributed by atoms with Crippen LogP contribution in [0.4, 0.5) is 20.3 Å². The molecule has 1 aliphatic heterocycles. The van der Waals surface area contributed by atoms with E-state index in [0.717, 1.165) is 35.4 Å². The number of halogens is 2. The van der Waals surface area contributed by atoms with Crippen LogP contribution >= 0.6 is 11.8 Å². The lowest BCUT2D eigenvalue weighted by molar-refractivity contribution is 0.315. The molecule has 1 aromatic heterocycles. The number of rotatable bonds is 5. The molecular formula is C23H17F2N5O3S. The number of para-hydroxylation sites is 1. The van der Waals surface area contributed by atoms with Crippen LogP contribution in [0.3, 0.4) is 0 Å². The normalized spacial score (nSPS) is 15.0. The first kappa shape index (κ1) is 22.0. The van der Waals surface area contributed by atoms with Gasteiger partial charge in [0.2, 0.25) is 5.88 Å². The Morgan fingerprint density at radius 3 is 2.68 bits per heavy atom. The predicted octanol–water partition coefficient (Wildman–Crippen LogP) is 5.06. The molecule has 11 heteroatoms. The SMILES string of the molecule is CSc1cccc(C2CC2)c1-n1c2c(c(N)nc1=O)C=C(F)C(c1c(F)cccc1N=O)=NO2. The minimum atomic E-state index is -1.03. The van der Waals surface area contributed by atoms with Crippen LogP contribution in [0.2, 0.25) is 0 Å². The largest absolute Gasteiger partial charge is 0.383 e. The van der Waals surface area contributed by atoms with E-state index in [1.54, 1.807) is 0 Å². The molecule has 0 atom stereocenters. The monoisotopic (exact) mass is 481 g/mol. The van der Waals surface area contributed by atoms with Crippen molar-refractivity contribution >= 4 is 35.1 Å². The number of oxime groups is 1. The Morgan fingerprint density at radius 1 is 1.21 bits per heavy atom. The summed E-state index contributed by atoms with van der Waals surface area (Å²) in [5.41, 5.74) is 5.25. The summed E-state index contributed by atoms with van der Waals surface area (Å²) in [6.45, 7) is 0. The number of aromatic nitrogens is 2. The van der Waals surface area contributed by atoms with Gasteiger partial charge in [0, 0.05) is 4.90 Å². The summed E-state index contributed by atoms with van der Waals surface area (Å²) in [4.78, 5) is 34.5. The van der Waals surface area contributed by atoms with Gasteiger partial charge in [0.15, 0.2) is 11.5 Å². The van der Waals surface area contributed by atoms with Crippen LogP contribution in [0.1, 0.15) is 35.4 Å². The third-order valence-corrected chi connectivity index (χ3v) is 6.42. The standard InChI is InChI=1S/C23H17F2N5O3S/c1-34-17-7-2-4-12(11-8-9-11)20(17)30-22-13(21(26)27-23(30)31)10-15(25)19(29-33-22)18-14(24)5-3-6-16(18)28-32/h2-7,10-11H,8-9H2,1H3,(H2,26,27,31). The lowest BCUT2D eigenvalue weighted by Crippen LogP contribution is -2.26. The molecule has 0 unspecified atom stereocenters. The smallest absolute Gasteiger partial charge is 0.357 e. The van der Waals surface area contributed by atoms with Gasteiger partial charge in [-0.2, -0.15) is 4.98 Å². The van der Waals surface area contributed by atoms with Crippen molar-refractivity contribution in [2.24, 2.45) is 10.3 Å². The van der Waals surface area contributed by atoms with Crippen molar-refractivity contribution in [2.75, 3.05) is 12.0 Å². The van der Waals surface area contributed by atoms with Crippen molar-refractivity contribution in [3.05, 3.63) is 80.1 Å². The Hall–Kier alpha value is -3.86. The van der Waals surface area contributed by atoms with E-state index in [1.165, 1.54) is 28.5 Å². The first-order valence-electron chi connectivity index (χ1n) is 10.3. The summed E-state index contributed by atoms with van der Waals surface area (Å²) in [5.74, 6) is -2.13. The minimum absolute atomic E-state index is 0.0366. The van der Waals surface area contributed by atoms with Crippen molar-refractivity contribution in [3.63, 3.8) is 0 Å². The highest BCUT2D eigenvalue weighted by molar-refractivity contribution is 7.98. The molecule has 2 aromatic carbocycles. The summed E-state index contributed by atoms with van der Waals surface area (Å²) < 4.78 is 31.1. The summed E-state index contributed by atoms with van der Waals surface area (Å²) >= 11 is 1.43. The summed E-state index contributed by atoms with van der Waals surface area (Å²) in [6.07, 6.45) is 4.76.